The molecular formula is C29H47N3O4. The molecule has 0 aliphatic heterocycles. The monoisotopic (exact) mass is 501 g/mol. The standard InChI is InChI=1S/C29H47N3O4/c1-6-7-8-9-16-21-32(27(34)22(2)30-28(35)36-29(3,4)5)25(23-17-12-10-13-18-23)26(33)31-24-19-14-11-15-20-24/h10,12-13,17-18,22,24-25H,6-9,11,14-16,19-21H2,1-5H3,(H,30,35)(H,31,33). The van der Waals surface area contributed by atoms with Gasteiger partial charge in [-0.05, 0) is 52.5 Å². The number of hydrogen-bond donors (Lipinski definition) is 2. The third-order valence-electron chi connectivity index (χ3n) is 6.52. The van der Waals surface area contributed by atoms with Crippen LogP contribution < -0.4 is 10.6 Å². The van der Waals surface area contributed by atoms with Crippen LogP contribution in [0.2, 0.25) is 0 Å². The smallest absolute Gasteiger partial charge is 0.408 e. The molecular weight excluding hydrogens is 454 g/mol. The molecule has 1 aromatic rings. The quantitative estimate of drug-likeness (QED) is 0.350. The molecule has 0 saturated heterocycles. The Bertz CT molecular complexity index is 816. The van der Waals surface area contributed by atoms with Crippen LogP contribution in [0, 0.1) is 0 Å². The average Bonchev–Trinajstić information content (AvgIpc) is 2.82. The third-order valence-corrected chi connectivity index (χ3v) is 6.52. The van der Waals surface area contributed by atoms with E-state index in [1.54, 1.807) is 32.6 Å². The zero-order chi connectivity index (χ0) is 26.6. The fraction of sp³-hybridized carbons (Fsp3) is 0.690. The zero-order valence-corrected chi connectivity index (χ0v) is 23.0. The second kappa shape index (κ2) is 14.9. The van der Waals surface area contributed by atoms with Crippen molar-refractivity contribution < 1.29 is 19.1 Å². The molecule has 2 rings (SSSR count). The highest BCUT2D eigenvalue weighted by Crippen LogP contribution is 2.25. The van der Waals surface area contributed by atoms with E-state index >= 15 is 0 Å². The van der Waals surface area contributed by atoms with Crippen molar-refractivity contribution in [3.05, 3.63) is 35.9 Å². The van der Waals surface area contributed by atoms with E-state index in [1.807, 2.05) is 30.3 Å². The maximum Gasteiger partial charge on any atom is 0.408 e. The molecule has 2 atom stereocenters. The fourth-order valence-electron chi connectivity index (χ4n) is 4.68. The van der Waals surface area contributed by atoms with Gasteiger partial charge in [0.2, 0.25) is 11.8 Å². The first-order chi connectivity index (χ1) is 17.1. The Balaban J connectivity index is 2.27. The summed E-state index contributed by atoms with van der Waals surface area (Å²) in [5.41, 5.74) is 0.107. The topological polar surface area (TPSA) is 87.7 Å². The predicted octanol–water partition coefficient (Wildman–Crippen LogP) is 5.89. The molecule has 1 aliphatic rings. The molecule has 7 nitrogen and oxygen atoms in total. The van der Waals surface area contributed by atoms with Gasteiger partial charge >= 0.3 is 6.09 Å². The second-order valence-corrected chi connectivity index (χ2v) is 11.0. The van der Waals surface area contributed by atoms with Gasteiger partial charge in [0, 0.05) is 12.6 Å². The number of nitrogens with one attached hydrogen (secondary N) is 2. The summed E-state index contributed by atoms with van der Waals surface area (Å²) in [6.45, 7) is 9.60. The molecule has 202 valence electrons. The van der Waals surface area contributed by atoms with Crippen molar-refractivity contribution in [3.63, 3.8) is 0 Å². The van der Waals surface area contributed by atoms with E-state index < -0.39 is 23.8 Å². The van der Waals surface area contributed by atoms with Crippen molar-refractivity contribution in [3.8, 4) is 0 Å². The summed E-state index contributed by atoms with van der Waals surface area (Å²) < 4.78 is 5.36. The third kappa shape index (κ3) is 10.2. The molecule has 2 unspecified atom stereocenters. The maximum absolute atomic E-state index is 13.8. The summed E-state index contributed by atoms with van der Waals surface area (Å²) in [5, 5.41) is 5.90. The Morgan fingerprint density at radius 1 is 1.00 bits per heavy atom. The summed E-state index contributed by atoms with van der Waals surface area (Å²) >= 11 is 0. The van der Waals surface area contributed by atoms with Crippen LogP contribution in [0.15, 0.2) is 30.3 Å². The summed E-state index contributed by atoms with van der Waals surface area (Å²) in [4.78, 5) is 41.5. The van der Waals surface area contributed by atoms with Crippen LogP contribution >= 0.6 is 0 Å². The number of carbonyl (C=O) groups is 3. The molecule has 0 bridgehead atoms. The zero-order valence-electron chi connectivity index (χ0n) is 23.0. The predicted molar refractivity (Wildman–Crippen MR) is 144 cm³/mol. The summed E-state index contributed by atoms with van der Waals surface area (Å²) in [6, 6.07) is 8.03. The lowest BCUT2D eigenvalue weighted by Gasteiger charge is -2.35. The molecule has 2 N–H and O–H groups in total. The minimum atomic E-state index is -0.829. The van der Waals surface area contributed by atoms with Gasteiger partial charge in [-0.1, -0.05) is 82.2 Å². The van der Waals surface area contributed by atoms with Gasteiger partial charge < -0.3 is 20.3 Å². The van der Waals surface area contributed by atoms with E-state index in [9.17, 15) is 14.4 Å². The summed E-state index contributed by atoms with van der Waals surface area (Å²) in [6.07, 6.45) is 9.86. The highest BCUT2D eigenvalue weighted by molar-refractivity contribution is 5.92. The van der Waals surface area contributed by atoms with Crippen molar-refractivity contribution in [2.45, 2.75) is 123 Å². The maximum atomic E-state index is 13.8. The van der Waals surface area contributed by atoms with Crippen LogP contribution in [0.5, 0.6) is 0 Å². The Morgan fingerprint density at radius 3 is 2.25 bits per heavy atom. The largest absolute Gasteiger partial charge is 0.444 e. The average molecular weight is 502 g/mol. The molecule has 0 spiro atoms. The van der Waals surface area contributed by atoms with Crippen LogP contribution in [0.4, 0.5) is 4.79 Å². The number of carbonyl (C=O) groups excluding carboxylic acids is 3. The summed E-state index contributed by atoms with van der Waals surface area (Å²) in [7, 11) is 0. The van der Waals surface area contributed by atoms with Gasteiger partial charge in [-0.3, -0.25) is 9.59 Å². The SMILES string of the molecule is CCCCCCCN(C(=O)C(C)NC(=O)OC(C)(C)C)C(C(=O)NC1CCCCC1)c1ccccc1. The normalized spacial score (nSPS) is 16.0. The molecule has 1 aromatic carbocycles. The molecule has 1 saturated carbocycles. The highest BCUT2D eigenvalue weighted by atomic mass is 16.6. The van der Waals surface area contributed by atoms with Crippen LogP contribution in [-0.2, 0) is 14.3 Å². The number of hydrogen-bond acceptors (Lipinski definition) is 4. The van der Waals surface area contributed by atoms with Gasteiger partial charge in [-0.2, -0.15) is 0 Å². The number of unbranched alkanes of at least 4 members (excludes halogenated alkanes) is 4. The van der Waals surface area contributed by atoms with Crippen LogP contribution in [0.3, 0.4) is 0 Å². The van der Waals surface area contributed by atoms with Crippen molar-refractivity contribution >= 4 is 17.9 Å². The number of alkyl carbamates (subject to hydrolysis) is 1. The molecule has 36 heavy (non-hydrogen) atoms. The van der Waals surface area contributed by atoms with E-state index in [-0.39, 0.29) is 17.9 Å². The van der Waals surface area contributed by atoms with E-state index in [2.05, 4.69) is 17.6 Å². The van der Waals surface area contributed by atoms with Crippen molar-refractivity contribution in [2.24, 2.45) is 0 Å². The first-order valence-corrected chi connectivity index (χ1v) is 13.8. The van der Waals surface area contributed by atoms with Gasteiger partial charge in [0.15, 0.2) is 0 Å². The number of nitrogens with zero attached hydrogens (tertiary/aromatic N) is 1. The van der Waals surface area contributed by atoms with Crippen LogP contribution in [0.1, 0.15) is 110 Å². The van der Waals surface area contributed by atoms with E-state index in [4.69, 9.17) is 4.74 Å². The lowest BCUT2D eigenvalue weighted by molar-refractivity contribution is -0.142. The van der Waals surface area contributed by atoms with Gasteiger partial charge in [0.1, 0.15) is 17.7 Å². The number of rotatable bonds is 12. The Kier molecular flexibility index (Phi) is 12.2. The van der Waals surface area contributed by atoms with Gasteiger partial charge in [0.25, 0.3) is 0 Å². The van der Waals surface area contributed by atoms with E-state index in [0.717, 1.165) is 63.4 Å². The van der Waals surface area contributed by atoms with Gasteiger partial charge in [0.05, 0.1) is 0 Å². The number of amides is 3. The molecule has 0 heterocycles. The minimum Gasteiger partial charge on any atom is -0.444 e. The Hall–Kier alpha value is -2.57. The minimum absolute atomic E-state index is 0.135. The van der Waals surface area contributed by atoms with Crippen molar-refractivity contribution in [2.75, 3.05) is 6.54 Å². The van der Waals surface area contributed by atoms with Gasteiger partial charge in [-0.25, -0.2) is 4.79 Å². The van der Waals surface area contributed by atoms with Crippen molar-refractivity contribution in [1.29, 1.82) is 0 Å². The fourth-order valence-corrected chi connectivity index (χ4v) is 4.68. The van der Waals surface area contributed by atoms with E-state index in [0.29, 0.717) is 6.54 Å². The first kappa shape index (κ1) is 29.7. The highest BCUT2D eigenvalue weighted by Gasteiger charge is 2.35. The second-order valence-electron chi connectivity index (χ2n) is 11.0. The lowest BCUT2D eigenvalue weighted by atomic mass is 9.94. The Morgan fingerprint density at radius 2 is 1.64 bits per heavy atom. The molecule has 1 fully saturated rings. The number of benzene rings is 1. The van der Waals surface area contributed by atoms with E-state index in [1.165, 1.54) is 6.42 Å². The lowest BCUT2D eigenvalue weighted by Crippen LogP contribution is -2.53. The Labute approximate surface area is 217 Å². The van der Waals surface area contributed by atoms with Crippen LogP contribution in [-0.4, -0.2) is 47.0 Å². The molecule has 1 aliphatic carbocycles. The molecule has 0 radical (unpaired) electrons. The number of ether oxygens (including phenoxy) is 1. The molecule has 7 heteroatoms. The summed E-state index contributed by atoms with van der Waals surface area (Å²) in [5.74, 6) is -0.441. The molecule has 3 amide bonds. The molecule has 0 aromatic heterocycles. The van der Waals surface area contributed by atoms with Gasteiger partial charge in [-0.15, -0.1) is 0 Å². The first-order valence-electron chi connectivity index (χ1n) is 13.8. The van der Waals surface area contributed by atoms with Crippen LogP contribution in [0.25, 0.3) is 0 Å². The van der Waals surface area contributed by atoms with Crippen molar-refractivity contribution in [1.82, 2.24) is 15.5 Å².